The Bertz CT molecular complexity index is 934. The first-order chi connectivity index (χ1) is 14.4. The Balaban J connectivity index is 1.59. The minimum absolute atomic E-state index is 0.0267. The van der Waals surface area contributed by atoms with E-state index in [2.05, 4.69) is 42.3 Å². The number of anilines is 1. The highest BCUT2D eigenvalue weighted by molar-refractivity contribution is 7.88. The second-order valence-corrected chi connectivity index (χ2v) is 10.3. The highest BCUT2D eigenvalue weighted by Crippen LogP contribution is 2.22. The molecular formula is C21H31N5O2S2. The first kappa shape index (κ1) is 22.6. The van der Waals surface area contributed by atoms with Crippen LogP contribution in [0.3, 0.4) is 0 Å². The number of nitrogens with zero attached hydrogens (tertiary/aromatic N) is 3. The highest BCUT2D eigenvalue weighted by atomic mass is 32.2. The number of nitrogens with one attached hydrogen (secondary N) is 2. The smallest absolute Gasteiger partial charge is 0.216 e. The Morgan fingerprint density at radius 3 is 2.40 bits per heavy atom. The first-order valence-electron chi connectivity index (χ1n) is 10.2. The van der Waals surface area contributed by atoms with E-state index in [9.17, 15) is 8.42 Å². The molecule has 0 bridgehead atoms. The average Bonchev–Trinajstić information content (AvgIpc) is 3.23. The number of sulfonamides is 1. The quantitative estimate of drug-likeness (QED) is 0.502. The lowest BCUT2D eigenvalue weighted by Crippen LogP contribution is -2.52. The molecule has 1 fully saturated rings. The van der Waals surface area contributed by atoms with Gasteiger partial charge in [-0.2, -0.15) is 0 Å². The molecule has 1 aliphatic heterocycles. The molecule has 2 aromatic rings. The molecule has 0 amide bonds. The summed E-state index contributed by atoms with van der Waals surface area (Å²) in [5, 5.41) is 6.83. The van der Waals surface area contributed by atoms with Gasteiger partial charge in [-0.1, -0.05) is 24.3 Å². The van der Waals surface area contributed by atoms with Crippen molar-refractivity contribution in [1.29, 1.82) is 0 Å². The van der Waals surface area contributed by atoms with Crippen LogP contribution in [0.5, 0.6) is 0 Å². The van der Waals surface area contributed by atoms with Crippen molar-refractivity contribution in [2.24, 2.45) is 4.99 Å². The molecule has 1 aromatic heterocycles. The van der Waals surface area contributed by atoms with Gasteiger partial charge in [-0.25, -0.2) is 13.1 Å². The van der Waals surface area contributed by atoms with Crippen molar-refractivity contribution in [3.05, 3.63) is 52.9 Å². The van der Waals surface area contributed by atoms with E-state index < -0.39 is 10.0 Å². The Morgan fingerprint density at radius 2 is 1.80 bits per heavy atom. The van der Waals surface area contributed by atoms with Crippen molar-refractivity contribution in [3.63, 3.8) is 0 Å². The van der Waals surface area contributed by atoms with Crippen LogP contribution in [0.15, 0.2) is 46.8 Å². The van der Waals surface area contributed by atoms with Gasteiger partial charge >= 0.3 is 0 Å². The minimum atomic E-state index is -3.37. The van der Waals surface area contributed by atoms with Gasteiger partial charge in [0, 0.05) is 45.8 Å². The first-order valence-corrected chi connectivity index (χ1v) is 12.7. The summed E-state index contributed by atoms with van der Waals surface area (Å²) in [5.74, 6) is 0.819. The van der Waals surface area contributed by atoms with Crippen LogP contribution in [-0.2, 0) is 22.3 Å². The maximum absolute atomic E-state index is 12.4. The molecule has 3 rings (SSSR count). The summed E-state index contributed by atoms with van der Waals surface area (Å²) in [7, 11) is -1.58. The van der Waals surface area contributed by atoms with Crippen LogP contribution in [0.2, 0.25) is 0 Å². The van der Waals surface area contributed by atoms with Crippen molar-refractivity contribution in [3.8, 4) is 0 Å². The molecule has 0 atom stereocenters. The fourth-order valence-corrected chi connectivity index (χ4v) is 5.85. The van der Waals surface area contributed by atoms with Crippen molar-refractivity contribution in [1.82, 2.24) is 14.9 Å². The third kappa shape index (κ3) is 6.20. The summed E-state index contributed by atoms with van der Waals surface area (Å²) < 4.78 is 27.4. The summed E-state index contributed by atoms with van der Waals surface area (Å²) in [4.78, 5) is 9.10. The lowest BCUT2D eigenvalue weighted by molar-refractivity contribution is 0.373. The molecule has 2 heterocycles. The number of aliphatic imine (C=N–C) groups is 1. The van der Waals surface area contributed by atoms with Gasteiger partial charge < -0.3 is 15.1 Å². The maximum atomic E-state index is 12.4. The van der Waals surface area contributed by atoms with Gasteiger partial charge in [0.2, 0.25) is 10.0 Å². The van der Waals surface area contributed by atoms with E-state index >= 15 is 0 Å². The van der Waals surface area contributed by atoms with Crippen molar-refractivity contribution in [2.45, 2.75) is 32.2 Å². The van der Waals surface area contributed by atoms with Crippen LogP contribution in [0, 0.1) is 0 Å². The lowest BCUT2D eigenvalue weighted by atomic mass is 10.1. The third-order valence-electron chi connectivity index (χ3n) is 4.92. The maximum Gasteiger partial charge on any atom is 0.216 e. The summed E-state index contributed by atoms with van der Waals surface area (Å²) in [6.45, 7) is 7.89. The predicted molar refractivity (Wildman–Crippen MR) is 126 cm³/mol. The largest absolute Gasteiger partial charge is 0.360 e. The molecule has 0 spiro atoms. The van der Waals surface area contributed by atoms with Gasteiger partial charge in [0.05, 0.1) is 10.8 Å². The standard InChI is InChI=1S/C21H31N5O2S2/c1-17(2)24-30(27,28)16-19-8-5-4-7-18(19)15-23-21(22-3)26-12-10-25(11-13-26)20-9-6-14-29-20/h4-9,14,17,24H,10-13,15-16H2,1-3H3,(H,22,23). The Morgan fingerprint density at radius 1 is 1.10 bits per heavy atom. The van der Waals surface area contributed by atoms with Crippen molar-refractivity contribution < 1.29 is 8.42 Å². The topological polar surface area (TPSA) is 77.0 Å². The normalized spacial score (nSPS) is 15.7. The molecule has 30 heavy (non-hydrogen) atoms. The number of rotatable bonds is 7. The Kier molecular flexibility index (Phi) is 7.74. The van der Waals surface area contributed by atoms with Crippen LogP contribution >= 0.6 is 11.3 Å². The molecule has 0 radical (unpaired) electrons. The van der Waals surface area contributed by atoms with Crippen LogP contribution < -0.4 is 14.9 Å². The Labute approximate surface area is 183 Å². The molecule has 1 aliphatic rings. The molecule has 0 saturated carbocycles. The van der Waals surface area contributed by atoms with Crippen LogP contribution in [0.1, 0.15) is 25.0 Å². The zero-order valence-electron chi connectivity index (χ0n) is 17.8. The van der Waals surface area contributed by atoms with Crippen LogP contribution in [0.4, 0.5) is 5.00 Å². The van der Waals surface area contributed by atoms with Gasteiger partial charge in [-0.15, -0.1) is 11.3 Å². The van der Waals surface area contributed by atoms with Gasteiger partial charge in [-0.3, -0.25) is 4.99 Å². The fourth-order valence-electron chi connectivity index (χ4n) is 3.57. The molecule has 7 nitrogen and oxygen atoms in total. The molecular weight excluding hydrogens is 418 g/mol. The SMILES string of the molecule is CN=C(NCc1ccccc1CS(=O)(=O)NC(C)C)N1CCN(c2cccs2)CC1. The number of piperazine rings is 1. The lowest BCUT2D eigenvalue weighted by Gasteiger charge is -2.37. The van der Waals surface area contributed by atoms with E-state index in [1.54, 1.807) is 18.4 Å². The zero-order chi connectivity index (χ0) is 21.6. The van der Waals surface area contributed by atoms with E-state index in [0.717, 1.165) is 43.3 Å². The van der Waals surface area contributed by atoms with E-state index in [-0.39, 0.29) is 11.8 Å². The summed E-state index contributed by atoms with van der Waals surface area (Å²) in [5.41, 5.74) is 1.76. The third-order valence-corrected chi connectivity index (χ3v) is 7.38. The molecule has 0 aliphatic carbocycles. The summed E-state index contributed by atoms with van der Waals surface area (Å²) >= 11 is 1.77. The number of hydrogen-bond acceptors (Lipinski definition) is 5. The van der Waals surface area contributed by atoms with Gasteiger partial charge in [0.1, 0.15) is 0 Å². The monoisotopic (exact) mass is 449 g/mol. The molecule has 1 saturated heterocycles. The number of benzene rings is 1. The molecule has 0 unspecified atom stereocenters. The van der Waals surface area contributed by atoms with E-state index in [0.29, 0.717) is 6.54 Å². The van der Waals surface area contributed by atoms with Crippen molar-refractivity contribution in [2.75, 3.05) is 38.1 Å². The van der Waals surface area contributed by atoms with E-state index in [4.69, 9.17) is 0 Å². The second-order valence-electron chi connectivity index (χ2n) is 7.63. The van der Waals surface area contributed by atoms with Gasteiger partial charge in [0.15, 0.2) is 5.96 Å². The van der Waals surface area contributed by atoms with Crippen LogP contribution in [0.25, 0.3) is 0 Å². The molecule has 164 valence electrons. The number of thiophene rings is 1. The van der Waals surface area contributed by atoms with Gasteiger partial charge in [0.25, 0.3) is 0 Å². The number of guanidine groups is 1. The minimum Gasteiger partial charge on any atom is -0.360 e. The molecule has 9 heteroatoms. The van der Waals surface area contributed by atoms with E-state index in [1.165, 1.54) is 5.00 Å². The molecule has 1 aromatic carbocycles. The van der Waals surface area contributed by atoms with Gasteiger partial charge in [-0.05, 0) is 42.5 Å². The average molecular weight is 450 g/mol. The van der Waals surface area contributed by atoms with Crippen molar-refractivity contribution >= 4 is 32.3 Å². The van der Waals surface area contributed by atoms with E-state index in [1.807, 2.05) is 38.1 Å². The summed E-state index contributed by atoms with van der Waals surface area (Å²) in [6.07, 6.45) is 0. The second kappa shape index (κ2) is 10.3. The summed E-state index contributed by atoms with van der Waals surface area (Å²) in [6, 6.07) is 11.8. The zero-order valence-corrected chi connectivity index (χ0v) is 19.5. The molecule has 2 N–H and O–H groups in total. The predicted octanol–water partition coefficient (Wildman–Crippen LogP) is 2.47. The van der Waals surface area contributed by atoms with Crippen LogP contribution in [-0.4, -0.2) is 58.5 Å². The Hall–Kier alpha value is -2.10. The number of hydrogen-bond donors (Lipinski definition) is 2. The highest BCUT2D eigenvalue weighted by Gasteiger charge is 2.21. The fraction of sp³-hybridized carbons (Fsp3) is 0.476.